The molecule has 0 fully saturated rings. The van der Waals surface area contributed by atoms with E-state index in [0.29, 0.717) is 22.4 Å². The molecule has 0 spiro atoms. The van der Waals surface area contributed by atoms with Gasteiger partial charge in [0.05, 0.1) is 5.02 Å². The third kappa shape index (κ3) is 3.62. The smallest absolute Gasteiger partial charge is 0.271 e. The van der Waals surface area contributed by atoms with E-state index in [1.165, 1.54) is 0 Å². The zero-order valence-electron chi connectivity index (χ0n) is 10.8. The summed E-state index contributed by atoms with van der Waals surface area (Å²) in [6, 6.07) is 10.6. The number of rotatable bonds is 4. The van der Waals surface area contributed by atoms with Gasteiger partial charge in [-0.2, -0.15) is 0 Å². The van der Waals surface area contributed by atoms with Crippen molar-refractivity contribution in [2.24, 2.45) is 0 Å². The zero-order valence-corrected chi connectivity index (χ0v) is 12.3. The summed E-state index contributed by atoms with van der Waals surface area (Å²) in [7, 11) is 1.73. The molecule has 0 unspecified atom stereocenters. The van der Waals surface area contributed by atoms with E-state index in [-0.39, 0.29) is 11.6 Å². The average Bonchev–Trinajstić information content (AvgIpc) is 2.45. The molecule has 0 aliphatic heterocycles. The summed E-state index contributed by atoms with van der Waals surface area (Å²) in [6.07, 6.45) is 0. The van der Waals surface area contributed by atoms with Gasteiger partial charge in [0.2, 0.25) is 0 Å². The van der Waals surface area contributed by atoms with E-state index in [9.17, 15) is 4.79 Å². The quantitative estimate of drug-likeness (QED) is 0.910. The number of hydrogen-bond acceptors (Lipinski definition) is 3. The highest BCUT2D eigenvalue weighted by Gasteiger charge is 2.12. The molecular weight excluding hydrogens is 297 g/mol. The molecule has 0 saturated heterocycles. The summed E-state index contributed by atoms with van der Waals surface area (Å²) in [6.45, 7) is 0.362. The number of hydrogen-bond donors (Lipinski definition) is 2. The van der Waals surface area contributed by atoms with Crippen molar-refractivity contribution >= 4 is 34.9 Å². The maximum atomic E-state index is 12.1. The first-order valence-electron chi connectivity index (χ1n) is 5.97. The first kappa shape index (κ1) is 14.6. The fourth-order valence-corrected chi connectivity index (χ4v) is 2.06. The summed E-state index contributed by atoms with van der Waals surface area (Å²) >= 11 is 11.9. The molecule has 0 aliphatic carbocycles. The summed E-state index contributed by atoms with van der Waals surface area (Å²) < 4.78 is 0. The van der Waals surface area contributed by atoms with Gasteiger partial charge in [0, 0.05) is 18.6 Å². The minimum absolute atomic E-state index is 0.195. The molecule has 2 aromatic rings. The van der Waals surface area contributed by atoms with Crippen LogP contribution in [-0.4, -0.2) is 17.9 Å². The van der Waals surface area contributed by atoms with Gasteiger partial charge in [0.1, 0.15) is 11.5 Å². The van der Waals surface area contributed by atoms with Crippen LogP contribution in [0.5, 0.6) is 0 Å². The van der Waals surface area contributed by atoms with Gasteiger partial charge in [-0.25, -0.2) is 4.98 Å². The monoisotopic (exact) mass is 309 g/mol. The van der Waals surface area contributed by atoms with E-state index < -0.39 is 0 Å². The second-order valence-electron chi connectivity index (χ2n) is 4.09. The number of aromatic nitrogens is 1. The molecule has 0 atom stereocenters. The van der Waals surface area contributed by atoms with Crippen LogP contribution in [0.15, 0.2) is 36.4 Å². The minimum atomic E-state index is -0.327. The normalized spacial score (nSPS) is 10.2. The molecule has 0 bridgehead atoms. The number of anilines is 1. The Kier molecular flexibility index (Phi) is 4.82. The van der Waals surface area contributed by atoms with E-state index in [1.807, 2.05) is 12.1 Å². The average molecular weight is 310 g/mol. The van der Waals surface area contributed by atoms with Crippen molar-refractivity contribution in [2.75, 3.05) is 12.4 Å². The Labute approximate surface area is 127 Å². The highest BCUT2D eigenvalue weighted by Crippen LogP contribution is 2.17. The van der Waals surface area contributed by atoms with Gasteiger partial charge in [-0.15, -0.1) is 0 Å². The van der Waals surface area contributed by atoms with Crippen LogP contribution in [0.25, 0.3) is 0 Å². The Bertz CT molecular complexity index is 632. The Balaban J connectivity index is 2.08. The van der Waals surface area contributed by atoms with Gasteiger partial charge in [-0.1, -0.05) is 35.3 Å². The van der Waals surface area contributed by atoms with E-state index in [4.69, 9.17) is 23.2 Å². The standard InChI is InChI=1S/C14H13Cl2N3O/c1-17-12-6-5-11(16)13(19-12)14(20)18-8-9-3-2-4-10(15)7-9/h2-7H,8H2,1H3,(H,17,19)(H,18,20). The molecule has 0 aliphatic rings. The number of nitrogens with zero attached hydrogens (tertiary/aromatic N) is 1. The number of benzene rings is 1. The van der Waals surface area contributed by atoms with Crippen molar-refractivity contribution in [1.29, 1.82) is 0 Å². The van der Waals surface area contributed by atoms with Crippen LogP contribution in [0.3, 0.4) is 0 Å². The van der Waals surface area contributed by atoms with Crippen LogP contribution in [-0.2, 0) is 6.54 Å². The van der Waals surface area contributed by atoms with Gasteiger partial charge >= 0.3 is 0 Å². The van der Waals surface area contributed by atoms with Crippen LogP contribution in [0.4, 0.5) is 5.82 Å². The molecule has 0 radical (unpaired) electrons. The number of carbonyl (C=O) groups excluding carboxylic acids is 1. The predicted octanol–water partition coefficient (Wildman–Crippen LogP) is 3.36. The Morgan fingerprint density at radius 2 is 2.05 bits per heavy atom. The van der Waals surface area contributed by atoms with Gasteiger partial charge in [-0.3, -0.25) is 4.79 Å². The Morgan fingerprint density at radius 3 is 2.75 bits per heavy atom. The number of nitrogens with one attached hydrogen (secondary N) is 2. The van der Waals surface area contributed by atoms with Crippen LogP contribution in [0, 0.1) is 0 Å². The molecule has 2 rings (SSSR count). The Hall–Kier alpha value is -1.78. The van der Waals surface area contributed by atoms with Crippen molar-refractivity contribution in [3.05, 3.63) is 57.7 Å². The number of halogens is 2. The fourth-order valence-electron chi connectivity index (χ4n) is 1.65. The first-order chi connectivity index (χ1) is 9.60. The lowest BCUT2D eigenvalue weighted by molar-refractivity contribution is 0.0946. The minimum Gasteiger partial charge on any atom is -0.373 e. The summed E-state index contributed by atoms with van der Waals surface area (Å²) in [5.74, 6) is 0.259. The maximum absolute atomic E-state index is 12.1. The zero-order chi connectivity index (χ0) is 14.5. The van der Waals surface area contributed by atoms with Crippen molar-refractivity contribution < 1.29 is 4.79 Å². The van der Waals surface area contributed by atoms with Crippen molar-refractivity contribution in [3.63, 3.8) is 0 Å². The van der Waals surface area contributed by atoms with Crippen LogP contribution in [0.2, 0.25) is 10.0 Å². The van der Waals surface area contributed by atoms with Crippen LogP contribution < -0.4 is 10.6 Å². The first-order valence-corrected chi connectivity index (χ1v) is 6.72. The second kappa shape index (κ2) is 6.59. The van der Waals surface area contributed by atoms with Gasteiger partial charge < -0.3 is 10.6 Å². The van der Waals surface area contributed by atoms with E-state index in [2.05, 4.69) is 15.6 Å². The molecule has 4 nitrogen and oxygen atoms in total. The summed E-state index contributed by atoms with van der Waals surface area (Å²) in [5, 5.41) is 6.57. The van der Waals surface area contributed by atoms with Gasteiger partial charge in [0.25, 0.3) is 5.91 Å². The van der Waals surface area contributed by atoms with E-state index in [1.54, 1.807) is 31.3 Å². The molecule has 6 heteroatoms. The lowest BCUT2D eigenvalue weighted by atomic mass is 10.2. The lowest BCUT2D eigenvalue weighted by Crippen LogP contribution is -2.24. The molecule has 104 valence electrons. The molecule has 1 amide bonds. The third-order valence-corrected chi connectivity index (χ3v) is 3.20. The fraction of sp³-hybridized carbons (Fsp3) is 0.143. The maximum Gasteiger partial charge on any atom is 0.271 e. The highest BCUT2D eigenvalue weighted by atomic mass is 35.5. The predicted molar refractivity (Wildman–Crippen MR) is 81.4 cm³/mol. The summed E-state index contributed by atoms with van der Waals surface area (Å²) in [4.78, 5) is 16.2. The topological polar surface area (TPSA) is 54.0 Å². The largest absolute Gasteiger partial charge is 0.373 e. The molecule has 1 aromatic heterocycles. The Morgan fingerprint density at radius 1 is 1.25 bits per heavy atom. The van der Waals surface area contributed by atoms with Gasteiger partial charge in [0.15, 0.2) is 0 Å². The second-order valence-corrected chi connectivity index (χ2v) is 4.93. The molecular formula is C14H13Cl2N3O. The third-order valence-electron chi connectivity index (χ3n) is 2.66. The number of pyridine rings is 1. The molecule has 1 aromatic carbocycles. The number of carbonyl (C=O) groups is 1. The highest BCUT2D eigenvalue weighted by molar-refractivity contribution is 6.33. The summed E-state index contributed by atoms with van der Waals surface area (Å²) in [5.41, 5.74) is 1.10. The SMILES string of the molecule is CNc1ccc(Cl)c(C(=O)NCc2cccc(Cl)c2)n1. The van der Waals surface area contributed by atoms with Crippen molar-refractivity contribution in [3.8, 4) is 0 Å². The van der Waals surface area contributed by atoms with Crippen molar-refractivity contribution in [1.82, 2.24) is 10.3 Å². The number of amides is 1. The lowest BCUT2D eigenvalue weighted by Gasteiger charge is -2.08. The van der Waals surface area contributed by atoms with Gasteiger partial charge in [-0.05, 0) is 29.8 Å². The van der Waals surface area contributed by atoms with Crippen LogP contribution in [0.1, 0.15) is 16.1 Å². The molecule has 1 heterocycles. The van der Waals surface area contributed by atoms with E-state index >= 15 is 0 Å². The molecule has 2 N–H and O–H groups in total. The van der Waals surface area contributed by atoms with Crippen LogP contribution >= 0.6 is 23.2 Å². The molecule has 0 saturated carbocycles. The van der Waals surface area contributed by atoms with Crippen molar-refractivity contribution in [2.45, 2.75) is 6.54 Å². The molecule has 20 heavy (non-hydrogen) atoms. The van der Waals surface area contributed by atoms with E-state index in [0.717, 1.165) is 5.56 Å².